The largest absolute Gasteiger partial charge is 0.481 e. The highest BCUT2D eigenvalue weighted by Crippen LogP contribution is 2.36. The van der Waals surface area contributed by atoms with Gasteiger partial charge in [0.2, 0.25) is 5.91 Å². The Morgan fingerprint density at radius 1 is 1.46 bits per heavy atom. The molecule has 1 fully saturated rings. The number of likely N-dealkylation sites (tertiary alicyclic amines) is 1. The molecule has 0 spiro atoms. The van der Waals surface area contributed by atoms with Crippen molar-refractivity contribution in [1.29, 1.82) is 0 Å². The molecule has 134 valence electrons. The number of aliphatic hydroxyl groups excluding tert-OH is 1. The molecule has 7 nitrogen and oxygen atoms in total. The highest BCUT2D eigenvalue weighted by Gasteiger charge is 2.49. The molecule has 0 saturated carbocycles. The number of piperidine rings is 1. The predicted octanol–water partition coefficient (Wildman–Crippen LogP) is 1.29. The number of imidazole rings is 1. The van der Waals surface area contributed by atoms with E-state index in [1.54, 1.807) is 21.9 Å². The quantitative estimate of drug-likeness (QED) is 0.815. The zero-order chi connectivity index (χ0) is 17.9. The summed E-state index contributed by atoms with van der Waals surface area (Å²) in [5.74, 6) is -0.0806. The molecule has 0 radical (unpaired) electrons. The number of hydrogen-bond acceptors (Lipinski definition) is 4. The Labute approximate surface area is 142 Å². The Hall–Kier alpha value is -1.89. The van der Waals surface area contributed by atoms with Gasteiger partial charge in [0.25, 0.3) is 0 Å². The minimum Gasteiger partial charge on any atom is -0.481 e. The van der Waals surface area contributed by atoms with E-state index >= 15 is 0 Å². The third kappa shape index (κ3) is 3.77. The number of amides is 1. The Bertz CT molecular complexity index is 598. The lowest BCUT2D eigenvalue weighted by Gasteiger charge is -2.43. The number of nitrogens with zero attached hydrogens (tertiary/aromatic N) is 3. The summed E-state index contributed by atoms with van der Waals surface area (Å²) >= 11 is 0. The summed E-state index contributed by atoms with van der Waals surface area (Å²) in [5, 5.41) is 20.1. The first kappa shape index (κ1) is 18.4. The maximum absolute atomic E-state index is 12.6. The zero-order valence-electron chi connectivity index (χ0n) is 14.6. The monoisotopic (exact) mass is 337 g/mol. The normalized spacial score (nSPS) is 24.4. The number of aromatic nitrogens is 2. The number of rotatable bonds is 6. The number of carboxylic acids is 1. The third-order valence-corrected chi connectivity index (χ3v) is 4.96. The van der Waals surface area contributed by atoms with Crippen molar-refractivity contribution in [2.75, 3.05) is 13.1 Å². The summed E-state index contributed by atoms with van der Waals surface area (Å²) < 4.78 is 1.74. The van der Waals surface area contributed by atoms with E-state index in [1.807, 2.05) is 20.8 Å². The van der Waals surface area contributed by atoms with Crippen molar-refractivity contribution in [3.8, 4) is 0 Å². The van der Waals surface area contributed by atoms with Crippen molar-refractivity contribution in [3.63, 3.8) is 0 Å². The number of aliphatic hydroxyl groups is 1. The maximum atomic E-state index is 12.6. The molecule has 2 rings (SSSR count). The van der Waals surface area contributed by atoms with Crippen LogP contribution in [0.2, 0.25) is 0 Å². The molecule has 0 unspecified atom stereocenters. The molecule has 7 heteroatoms. The predicted molar refractivity (Wildman–Crippen MR) is 88.3 cm³/mol. The van der Waals surface area contributed by atoms with E-state index in [0.717, 1.165) is 5.82 Å². The minimum absolute atomic E-state index is 0.0583. The van der Waals surface area contributed by atoms with Crippen LogP contribution in [0.1, 0.15) is 38.9 Å². The van der Waals surface area contributed by atoms with Gasteiger partial charge >= 0.3 is 5.97 Å². The number of aryl methyl sites for hydroxylation is 1. The van der Waals surface area contributed by atoms with E-state index in [0.29, 0.717) is 31.7 Å². The van der Waals surface area contributed by atoms with Crippen LogP contribution < -0.4 is 0 Å². The Morgan fingerprint density at radius 3 is 2.71 bits per heavy atom. The van der Waals surface area contributed by atoms with Crippen LogP contribution in [0.5, 0.6) is 0 Å². The molecule has 2 N–H and O–H groups in total. The summed E-state index contributed by atoms with van der Waals surface area (Å²) in [6.07, 6.45) is 3.80. The Balaban J connectivity index is 2.14. The third-order valence-electron chi connectivity index (χ3n) is 4.96. The lowest BCUT2D eigenvalue weighted by Crippen LogP contribution is -2.57. The van der Waals surface area contributed by atoms with Crippen LogP contribution in [0, 0.1) is 18.3 Å². The highest BCUT2D eigenvalue weighted by molar-refractivity contribution is 5.80. The molecule has 0 bridgehead atoms. The molecule has 1 aromatic heterocycles. The first-order chi connectivity index (χ1) is 11.3. The standard InChI is InChI=1S/C17H27N3O4/c1-12(2)4-6-17(16(23)24)11-20(8-5-14(17)21)15(22)10-19-9-7-18-13(19)3/h7,9,12,14,21H,4-6,8,10-11H2,1-3H3,(H,23,24)/t14-,17+/m0/s1. The van der Waals surface area contributed by atoms with Crippen molar-refractivity contribution < 1.29 is 19.8 Å². The van der Waals surface area contributed by atoms with Crippen LogP contribution in [-0.2, 0) is 16.1 Å². The van der Waals surface area contributed by atoms with Crippen LogP contribution in [0.25, 0.3) is 0 Å². The van der Waals surface area contributed by atoms with Crippen LogP contribution >= 0.6 is 0 Å². The van der Waals surface area contributed by atoms with Gasteiger partial charge in [-0.1, -0.05) is 13.8 Å². The Kier molecular flexibility index (Phi) is 5.64. The average molecular weight is 337 g/mol. The van der Waals surface area contributed by atoms with Gasteiger partial charge in [-0.2, -0.15) is 0 Å². The van der Waals surface area contributed by atoms with E-state index in [9.17, 15) is 19.8 Å². The summed E-state index contributed by atoms with van der Waals surface area (Å²) in [7, 11) is 0. The molecular formula is C17H27N3O4. The number of hydrogen-bond donors (Lipinski definition) is 2. The van der Waals surface area contributed by atoms with Gasteiger partial charge in [0.05, 0.1) is 6.10 Å². The minimum atomic E-state index is -1.28. The van der Waals surface area contributed by atoms with Gasteiger partial charge in [-0.3, -0.25) is 9.59 Å². The van der Waals surface area contributed by atoms with Gasteiger partial charge in [-0.05, 0) is 32.1 Å². The Morgan fingerprint density at radius 2 is 2.17 bits per heavy atom. The smallest absolute Gasteiger partial charge is 0.314 e. The van der Waals surface area contributed by atoms with Gasteiger partial charge < -0.3 is 19.7 Å². The van der Waals surface area contributed by atoms with Crippen molar-refractivity contribution in [1.82, 2.24) is 14.5 Å². The number of carbonyl (C=O) groups is 2. The molecule has 1 amide bonds. The van der Waals surface area contributed by atoms with E-state index in [1.165, 1.54) is 0 Å². The van der Waals surface area contributed by atoms with Crippen molar-refractivity contribution in [2.24, 2.45) is 11.3 Å². The van der Waals surface area contributed by atoms with Gasteiger partial charge in [0.15, 0.2) is 0 Å². The molecule has 2 atom stereocenters. The van der Waals surface area contributed by atoms with E-state index in [-0.39, 0.29) is 19.0 Å². The summed E-state index contributed by atoms with van der Waals surface area (Å²) in [6.45, 7) is 6.44. The van der Waals surface area contributed by atoms with Gasteiger partial charge in [0.1, 0.15) is 17.8 Å². The highest BCUT2D eigenvalue weighted by atomic mass is 16.4. The van der Waals surface area contributed by atoms with E-state index in [2.05, 4.69) is 4.98 Å². The summed E-state index contributed by atoms with van der Waals surface area (Å²) in [5.41, 5.74) is -1.28. The van der Waals surface area contributed by atoms with Crippen molar-refractivity contribution >= 4 is 11.9 Å². The molecule has 24 heavy (non-hydrogen) atoms. The summed E-state index contributed by atoms with van der Waals surface area (Å²) in [4.78, 5) is 30.2. The van der Waals surface area contributed by atoms with E-state index < -0.39 is 17.5 Å². The second-order valence-electron chi connectivity index (χ2n) is 7.12. The molecule has 0 aliphatic carbocycles. The molecule has 1 aromatic rings. The van der Waals surface area contributed by atoms with Gasteiger partial charge in [0, 0.05) is 25.5 Å². The molecule has 2 heterocycles. The number of carboxylic acid groups (broad SMARTS) is 1. The topological polar surface area (TPSA) is 95.7 Å². The van der Waals surface area contributed by atoms with Gasteiger partial charge in [-0.25, -0.2) is 4.98 Å². The van der Waals surface area contributed by atoms with Crippen molar-refractivity contribution in [2.45, 2.75) is 52.7 Å². The second kappa shape index (κ2) is 7.34. The van der Waals surface area contributed by atoms with Crippen LogP contribution in [0.4, 0.5) is 0 Å². The molecule has 0 aromatic carbocycles. The van der Waals surface area contributed by atoms with Crippen molar-refractivity contribution in [3.05, 3.63) is 18.2 Å². The zero-order valence-corrected chi connectivity index (χ0v) is 14.6. The number of carbonyl (C=O) groups excluding carboxylic acids is 1. The second-order valence-corrected chi connectivity index (χ2v) is 7.12. The SMILES string of the molecule is Cc1nccn1CC(=O)N1CC[C@H](O)[C@](CCC(C)C)(C(=O)O)C1. The van der Waals surface area contributed by atoms with Gasteiger partial charge in [-0.15, -0.1) is 0 Å². The lowest BCUT2D eigenvalue weighted by atomic mass is 9.72. The maximum Gasteiger partial charge on any atom is 0.314 e. The fourth-order valence-corrected chi connectivity index (χ4v) is 3.22. The lowest BCUT2D eigenvalue weighted by molar-refractivity contribution is -0.167. The first-order valence-electron chi connectivity index (χ1n) is 8.43. The summed E-state index contributed by atoms with van der Waals surface area (Å²) in [6, 6.07) is 0. The molecular weight excluding hydrogens is 310 g/mol. The van der Waals surface area contributed by atoms with Crippen LogP contribution in [0.3, 0.4) is 0 Å². The fraction of sp³-hybridized carbons (Fsp3) is 0.706. The molecule has 1 aliphatic rings. The first-order valence-corrected chi connectivity index (χ1v) is 8.43. The number of aliphatic carboxylic acids is 1. The molecule has 1 saturated heterocycles. The van der Waals surface area contributed by atoms with E-state index in [4.69, 9.17) is 0 Å². The van der Waals surface area contributed by atoms with Crippen LogP contribution in [-0.4, -0.2) is 55.7 Å². The van der Waals surface area contributed by atoms with Crippen LogP contribution in [0.15, 0.2) is 12.4 Å². The average Bonchev–Trinajstić information content (AvgIpc) is 2.91. The molecule has 1 aliphatic heterocycles. The fourth-order valence-electron chi connectivity index (χ4n) is 3.22.